The summed E-state index contributed by atoms with van der Waals surface area (Å²) in [5, 5.41) is 14.4. The van der Waals surface area contributed by atoms with Crippen molar-refractivity contribution in [2.45, 2.75) is 26.6 Å². The van der Waals surface area contributed by atoms with Crippen molar-refractivity contribution in [2.75, 3.05) is 18.4 Å². The molecule has 27 heavy (non-hydrogen) atoms. The Morgan fingerprint density at radius 1 is 1.26 bits per heavy atom. The van der Waals surface area contributed by atoms with E-state index >= 15 is 0 Å². The third-order valence-corrected chi connectivity index (χ3v) is 4.01. The molecule has 1 amide bonds. The highest BCUT2D eigenvalue weighted by Crippen LogP contribution is 2.23. The third-order valence-electron chi connectivity index (χ3n) is 4.01. The average molecular weight is 382 g/mol. The second-order valence-electron chi connectivity index (χ2n) is 5.94. The van der Waals surface area contributed by atoms with Gasteiger partial charge in [0.15, 0.2) is 0 Å². The van der Waals surface area contributed by atoms with E-state index in [1.165, 1.54) is 38.1 Å². The predicted octanol–water partition coefficient (Wildman–Crippen LogP) is 3.52. The Kier molecular flexibility index (Phi) is 6.10. The molecule has 0 atom stereocenters. The molecule has 0 bridgehead atoms. The maximum absolute atomic E-state index is 13.5. The van der Waals surface area contributed by atoms with Crippen molar-refractivity contribution >= 4 is 11.6 Å². The van der Waals surface area contributed by atoms with Crippen LogP contribution < -0.4 is 10.6 Å². The van der Waals surface area contributed by atoms with Crippen LogP contribution in [0.1, 0.15) is 27.3 Å². The molecule has 1 aromatic heterocycles. The summed E-state index contributed by atoms with van der Waals surface area (Å²) < 4.78 is 52.4. The van der Waals surface area contributed by atoms with Crippen LogP contribution in [0, 0.1) is 31.0 Å². The van der Waals surface area contributed by atoms with Crippen LogP contribution in [-0.4, -0.2) is 29.7 Å². The molecule has 0 saturated heterocycles. The molecule has 0 aliphatic carbocycles. The number of rotatable bonds is 6. The molecule has 5 nitrogen and oxygen atoms in total. The van der Waals surface area contributed by atoms with Gasteiger partial charge in [-0.1, -0.05) is 6.07 Å². The number of amides is 1. The molecular weight excluding hydrogens is 364 g/mol. The Morgan fingerprint density at radius 2 is 1.96 bits per heavy atom. The number of benzene rings is 1. The molecule has 9 heteroatoms. The molecule has 0 fully saturated rings. The number of halogens is 4. The van der Waals surface area contributed by atoms with Crippen LogP contribution in [0.5, 0.6) is 0 Å². The smallest absolute Gasteiger partial charge is 0.382 e. The highest BCUT2D eigenvalue weighted by Gasteiger charge is 2.30. The average Bonchev–Trinajstić information content (AvgIpc) is 2.85. The van der Waals surface area contributed by atoms with E-state index in [1.54, 1.807) is 6.07 Å². The standard InChI is InChI=1S/C18H18F4N4O/c1-11-8-13(12(2)26(11)10-18(20,21)22)17(27)25-7-6-24-16-5-3-4-15(19)14(16)9-23/h3-5,8,24H,6-7,10H2,1-2H3,(H,25,27). The summed E-state index contributed by atoms with van der Waals surface area (Å²) in [5.41, 5.74) is 0.911. The molecule has 1 aromatic carbocycles. The highest BCUT2D eigenvalue weighted by molar-refractivity contribution is 5.95. The van der Waals surface area contributed by atoms with Gasteiger partial charge in [0.1, 0.15) is 24.0 Å². The molecule has 2 rings (SSSR count). The van der Waals surface area contributed by atoms with Crippen LogP contribution in [0.15, 0.2) is 24.3 Å². The van der Waals surface area contributed by atoms with Gasteiger partial charge < -0.3 is 15.2 Å². The van der Waals surface area contributed by atoms with Gasteiger partial charge in [-0.05, 0) is 32.0 Å². The molecule has 1 heterocycles. The highest BCUT2D eigenvalue weighted by atomic mass is 19.4. The summed E-state index contributed by atoms with van der Waals surface area (Å²) in [4.78, 5) is 12.2. The first kappa shape index (κ1) is 20.3. The summed E-state index contributed by atoms with van der Waals surface area (Å²) >= 11 is 0. The second-order valence-corrected chi connectivity index (χ2v) is 5.94. The van der Waals surface area contributed by atoms with Crippen molar-refractivity contribution < 1.29 is 22.4 Å². The van der Waals surface area contributed by atoms with Gasteiger partial charge in [-0.3, -0.25) is 4.79 Å². The lowest BCUT2D eigenvalue weighted by Crippen LogP contribution is -2.29. The van der Waals surface area contributed by atoms with Gasteiger partial charge in [0, 0.05) is 24.5 Å². The largest absolute Gasteiger partial charge is 0.406 e. The second kappa shape index (κ2) is 8.12. The van der Waals surface area contributed by atoms with Crippen LogP contribution in [0.4, 0.5) is 23.2 Å². The lowest BCUT2D eigenvalue weighted by atomic mass is 10.2. The lowest BCUT2D eigenvalue weighted by Gasteiger charge is -2.13. The summed E-state index contributed by atoms with van der Waals surface area (Å²) in [6, 6.07) is 7.32. The summed E-state index contributed by atoms with van der Waals surface area (Å²) in [5.74, 6) is -1.15. The van der Waals surface area contributed by atoms with E-state index in [0.717, 1.165) is 4.57 Å². The van der Waals surface area contributed by atoms with Crippen molar-refractivity contribution in [1.82, 2.24) is 9.88 Å². The fourth-order valence-corrected chi connectivity index (χ4v) is 2.71. The number of carbonyl (C=O) groups is 1. The number of nitrogens with one attached hydrogen (secondary N) is 2. The first-order valence-electron chi connectivity index (χ1n) is 8.08. The Balaban J connectivity index is 1.97. The Labute approximate surface area is 153 Å². The first-order valence-corrected chi connectivity index (χ1v) is 8.08. The molecule has 0 unspecified atom stereocenters. The zero-order valence-corrected chi connectivity index (χ0v) is 14.7. The predicted molar refractivity (Wildman–Crippen MR) is 91.9 cm³/mol. The quantitative estimate of drug-likeness (QED) is 0.593. The number of aromatic nitrogens is 1. The molecule has 144 valence electrons. The first-order chi connectivity index (χ1) is 12.6. The van der Waals surface area contributed by atoms with Crippen molar-refractivity contribution in [3.63, 3.8) is 0 Å². The third kappa shape index (κ3) is 5.00. The molecule has 0 saturated carbocycles. The van der Waals surface area contributed by atoms with E-state index in [1.807, 2.05) is 0 Å². The van der Waals surface area contributed by atoms with Crippen molar-refractivity contribution in [3.8, 4) is 6.07 Å². The van der Waals surface area contributed by atoms with E-state index in [2.05, 4.69) is 10.6 Å². The minimum atomic E-state index is -4.38. The number of alkyl halides is 3. The Hall–Kier alpha value is -3.02. The minimum Gasteiger partial charge on any atom is -0.382 e. The van der Waals surface area contributed by atoms with Crippen LogP contribution in [0.2, 0.25) is 0 Å². The molecule has 0 radical (unpaired) electrons. The molecule has 2 N–H and O–H groups in total. The van der Waals surface area contributed by atoms with Crippen LogP contribution in [0.25, 0.3) is 0 Å². The maximum Gasteiger partial charge on any atom is 0.406 e. The van der Waals surface area contributed by atoms with Crippen LogP contribution in [-0.2, 0) is 6.54 Å². The van der Waals surface area contributed by atoms with E-state index in [0.29, 0.717) is 11.4 Å². The van der Waals surface area contributed by atoms with Crippen LogP contribution >= 0.6 is 0 Å². The SMILES string of the molecule is Cc1cc(C(=O)NCCNc2cccc(F)c2C#N)c(C)n1CC(F)(F)F. The monoisotopic (exact) mass is 382 g/mol. The van der Waals surface area contributed by atoms with Gasteiger partial charge in [-0.2, -0.15) is 18.4 Å². The minimum absolute atomic E-state index is 0.125. The van der Waals surface area contributed by atoms with Crippen molar-refractivity contribution in [1.29, 1.82) is 5.26 Å². The van der Waals surface area contributed by atoms with Crippen LogP contribution in [0.3, 0.4) is 0 Å². The van der Waals surface area contributed by atoms with E-state index in [-0.39, 0.29) is 29.9 Å². The Morgan fingerprint density at radius 3 is 2.59 bits per heavy atom. The molecule has 0 spiro atoms. The number of aryl methyl sites for hydroxylation is 1. The molecular formula is C18H18F4N4O. The fraction of sp³-hybridized carbons (Fsp3) is 0.333. The maximum atomic E-state index is 13.5. The number of carbonyl (C=O) groups excluding carboxylic acids is 1. The number of hydrogen-bond acceptors (Lipinski definition) is 3. The van der Waals surface area contributed by atoms with E-state index in [4.69, 9.17) is 5.26 Å². The van der Waals surface area contributed by atoms with Gasteiger partial charge in [0.25, 0.3) is 5.91 Å². The van der Waals surface area contributed by atoms with Crippen molar-refractivity contribution in [3.05, 3.63) is 52.6 Å². The van der Waals surface area contributed by atoms with Crippen molar-refractivity contribution in [2.24, 2.45) is 0 Å². The lowest BCUT2D eigenvalue weighted by molar-refractivity contribution is -0.141. The van der Waals surface area contributed by atoms with E-state index < -0.39 is 24.4 Å². The van der Waals surface area contributed by atoms with Gasteiger partial charge in [-0.25, -0.2) is 4.39 Å². The summed E-state index contributed by atoms with van der Waals surface area (Å²) in [6.07, 6.45) is -4.38. The van der Waals surface area contributed by atoms with Gasteiger partial charge >= 0.3 is 6.18 Å². The molecule has 2 aromatic rings. The Bertz CT molecular complexity index is 881. The van der Waals surface area contributed by atoms with Gasteiger partial charge in [0.2, 0.25) is 0 Å². The number of nitriles is 1. The number of nitrogens with zero attached hydrogens (tertiary/aromatic N) is 2. The van der Waals surface area contributed by atoms with Gasteiger partial charge in [0.05, 0.1) is 11.3 Å². The molecule has 0 aliphatic heterocycles. The normalized spacial score (nSPS) is 11.1. The van der Waals surface area contributed by atoms with E-state index in [9.17, 15) is 22.4 Å². The topological polar surface area (TPSA) is 69.8 Å². The molecule has 0 aliphatic rings. The van der Waals surface area contributed by atoms with Gasteiger partial charge in [-0.15, -0.1) is 0 Å². The number of hydrogen-bond donors (Lipinski definition) is 2. The zero-order valence-electron chi connectivity index (χ0n) is 14.7. The summed E-state index contributed by atoms with van der Waals surface area (Å²) in [7, 11) is 0. The summed E-state index contributed by atoms with van der Waals surface area (Å²) in [6.45, 7) is 2.16. The zero-order chi connectivity index (χ0) is 20.2. The number of anilines is 1. The fourth-order valence-electron chi connectivity index (χ4n) is 2.71.